The lowest BCUT2D eigenvalue weighted by atomic mass is 9.79. The molecule has 5 nitrogen and oxygen atoms in total. The Morgan fingerprint density at radius 2 is 1.85 bits per heavy atom. The largest absolute Gasteiger partial charge is 0.497 e. The normalized spacial score (nSPS) is 18.8. The van der Waals surface area contributed by atoms with E-state index in [0.717, 1.165) is 29.7 Å². The molecule has 0 spiro atoms. The van der Waals surface area contributed by atoms with Crippen molar-refractivity contribution < 1.29 is 14.3 Å². The molecule has 2 aromatic rings. The first-order valence-corrected chi connectivity index (χ1v) is 9.36. The van der Waals surface area contributed by atoms with Crippen molar-refractivity contribution in [3.8, 4) is 5.75 Å². The van der Waals surface area contributed by atoms with E-state index >= 15 is 0 Å². The second-order valence-corrected chi connectivity index (χ2v) is 6.84. The van der Waals surface area contributed by atoms with Gasteiger partial charge in [0, 0.05) is 19.2 Å². The highest BCUT2D eigenvalue weighted by atomic mass is 16.5. The number of ether oxygens (including phenoxy) is 1. The molecule has 0 fully saturated rings. The van der Waals surface area contributed by atoms with E-state index in [4.69, 9.17) is 4.74 Å². The van der Waals surface area contributed by atoms with Gasteiger partial charge in [-0.25, -0.2) is 0 Å². The third-order valence-electron chi connectivity index (χ3n) is 5.15. The number of amides is 2. The van der Waals surface area contributed by atoms with Gasteiger partial charge in [0.25, 0.3) is 5.91 Å². The summed E-state index contributed by atoms with van der Waals surface area (Å²) < 4.78 is 5.24. The number of benzene rings is 2. The molecular weight excluding hydrogens is 340 g/mol. The van der Waals surface area contributed by atoms with Crippen LogP contribution in [0.4, 0.5) is 0 Å². The molecule has 0 aromatic heterocycles. The molecule has 1 heterocycles. The third-order valence-corrected chi connectivity index (χ3v) is 5.15. The molecule has 0 saturated heterocycles. The summed E-state index contributed by atoms with van der Waals surface area (Å²) in [6, 6.07) is 14.6. The standard InChI is InChI=1S/C22H26N2O3/c1-4-5-14-23-21(25)19-17-8-6-7-9-18(17)22(26)24(2)20(19)15-10-12-16(27-3)13-11-15/h6-13,19-20H,4-5,14H2,1-3H3,(H,23,25)/t19-,20-/m0/s1. The van der Waals surface area contributed by atoms with Crippen molar-refractivity contribution in [2.45, 2.75) is 31.7 Å². The number of rotatable bonds is 6. The number of nitrogens with zero attached hydrogens (tertiary/aromatic N) is 1. The van der Waals surface area contributed by atoms with Crippen molar-refractivity contribution in [1.82, 2.24) is 10.2 Å². The number of hydrogen-bond donors (Lipinski definition) is 1. The van der Waals surface area contributed by atoms with Crippen LogP contribution < -0.4 is 10.1 Å². The first kappa shape index (κ1) is 19.0. The predicted molar refractivity (Wildman–Crippen MR) is 105 cm³/mol. The quantitative estimate of drug-likeness (QED) is 0.796. The van der Waals surface area contributed by atoms with Gasteiger partial charge in [-0.05, 0) is 35.7 Å². The van der Waals surface area contributed by atoms with Gasteiger partial charge >= 0.3 is 0 Å². The minimum atomic E-state index is -0.450. The van der Waals surface area contributed by atoms with Crippen LogP contribution >= 0.6 is 0 Å². The zero-order valence-electron chi connectivity index (χ0n) is 16.1. The number of fused-ring (bicyclic) bond motifs is 1. The summed E-state index contributed by atoms with van der Waals surface area (Å²) in [5, 5.41) is 3.05. The molecular formula is C22H26N2O3. The lowest BCUT2D eigenvalue weighted by molar-refractivity contribution is -0.124. The van der Waals surface area contributed by atoms with Gasteiger partial charge in [-0.2, -0.15) is 0 Å². The molecule has 2 amide bonds. The van der Waals surface area contributed by atoms with E-state index in [0.29, 0.717) is 12.1 Å². The third kappa shape index (κ3) is 3.68. The summed E-state index contributed by atoms with van der Waals surface area (Å²) in [7, 11) is 3.38. The van der Waals surface area contributed by atoms with Crippen LogP contribution in [0.3, 0.4) is 0 Å². The monoisotopic (exact) mass is 366 g/mol. The fraction of sp³-hybridized carbons (Fsp3) is 0.364. The Labute approximate surface area is 160 Å². The second kappa shape index (κ2) is 8.25. The number of hydrogen-bond acceptors (Lipinski definition) is 3. The Bertz CT molecular complexity index is 817. The van der Waals surface area contributed by atoms with Crippen molar-refractivity contribution >= 4 is 11.8 Å². The highest BCUT2D eigenvalue weighted by molar-refractivity contribution is 6.01. The molecule has 0 saturated carbocycles. The molecule has 142 valence electrons. The van der Waals surface area contributed by atoms with Gasteiger partial charge < -0.3 is 15.0 Å². The summed E-state index contributed by atoms with van der Waals surface area (Å²) in [6.45, 7) is 2.73. The molecule has 1 aliphatic heterocycles. The van der Waals surface area contributed by atoms with Crippen molar-refractivity contribution in [2.24, 2.45) is 0 Å². The van der Waals surface area contributed by atoms with Crippen LogP contribution in [0.25, 0.3) is 0 Å². The van der Waals surface area contributed by atoms with Gasteiger partial charge in [-0.3, -0.25) is 9.59 Å². The van der Waals surface area contributed by atoms with Crippen LogP contribution in [0, 0.1) is 0 Å². The smallest absolute Gasteiger partial charge is 0.254 e. The van der Waals surface area contributed by atoms with Gasteiger partial charge in [-0.15, -0.1) is 0 Å². The Morgan fingerprint density at radius 1 is 1.15 bits per heavy atom. The number of unbranched alkanes of at least 4 members (excludes halogenated alkanes) is 1. The van der Waals surface area contributed by atoms with Crippen molar-refractivity contribution in [3.05, 3.63) is 65.2 Å². The fourth-order valence-electron chi connectivity index (χ4n) is 3.67. The van der Waals surface area contributed by atoms with Gasteiger partial charge in [0.05, 0.1) is 19.1 Å². The fourth-order valence-corrected chi connectivity index (χ4v) is 3.67. The van der Waals surface area contributed by atoms with Crippen molar-refractivity contribution in [3.63, 3.8) is 0 Å². The van der Waals surface area contributed by atoms with Crippen molar-refractivity contribution in [2.75, 3.05) is 20.7 Å². The van der Waals surface area contributed by atoms with E-state index in [-0.39, 0.29) is 17.9 Å². The van der Waals surface area contributed by atoms with Crippen LogP contribution in [0.5, 0.6) is 5.75 Å². The Kier molecular flexibility index (Phi) is 5.79. The highest BCUT2D eigenvalue weighted by Crippen LogP contribution is 2.42. The Morgan fingerprint density at radius 3 is 2.52 bits per heavy atom. The van der Waals surface area contributed by atoms with Crippen LogP contribution in [-0.4, -0.2) is 37.4 Å². The number of methoxy groups -OCH3 is 1. The van der Waals surface area contributed by atoms with Gasteiger partial charge in [0.15, 0.2) is 0 Å². The molecule has 0 bridgehead atoms. The number of nitrogens with one attached hydrogen (secondary N) is 1. The van der Waals surface area contributed by atoms with Crippen molar-refractivity contribution in [1.29, 1.82) is 0 Å². The molecule has 3 rings (SSSR count). The zero-order chi connectivity index (χ0) is 19.4. The zero-order valence-corrected chi connectivity index (χ0v) is 16.1. The van der Waals surface area contributed by atoms with Crippen LogP contribution in [-0.2, 0) is 4.79 Å². The van der Waals surface area contributed by atoms with Gasteiger partial charge in [0.2, 0.25) is 5.91 Å². The molecule has 1 N–H and O–H groups in total. The first-order valence-electron chi connectivity index (χ1n) is 9.36. The maximum Gasteiger partial charge on any atom is 0.254 e. The predicted octanol–water partition coefficient (Wildman–Crippen LogP) is 3.52. The molecule has 0 aliphatic carbocycles. The summed E-state index contributed by atoms with van der Waals surface area (Å²) >= 11 is 0. The first-order chi connectivity index (χ1) is 13.1. The molecule has 2 atom stereocenters. The average Bonchev–Trinajstić information content (AvgIpc) is 2.70. The number of carbonyl (C=O) groups excluding carboxylic acids is 2. The van der Waals surface area contributed by atoms with E-state index in [9.17, 15) is 9.59 Å². The van der Waals surface area contributed by atoms with E-state index < -0.39 is 5.92 Å². The lowest BCUT2D eigenvalue weighted by Crippen LogP contribution is -2.45. The van der Waals surface area contributed by atoms with Crippen LogP contribution in [0.2, 0.25) is 0 Å². The summed E-state index contributed by atoms with van der Waals surface area (Å²) in [4.78, 5) is 27.7. The van der Waals surface area contributed by atoms with Gasteiger partial charge in [-0.1, -0.05) is 43.7 Å². The summed E-state index contributed by atoms with van der Waals surface area (Å²) in [6.07, 6.45) is 1.95. The molecule has 5 heteroatoms. The maximum atomic E-state index is 13.1. The lowest BCUT2D eigenvalue weighted by Gasteiger charge is -2.39. The van der Waals surface area contributed by atoms with E-state index in [1.165, 1.54) is 0 Å². The Balaban J connectivity index is 2.04. The molecule has 0 unspecified atom stereocenters. The molecule has 1 aliphatic rings. The van der Waals surface area contributed by atoms with Crippen LogP contribution in [0.1, 0.15) is 53.2 Å². The summed E-state index contributed by atoms with van der Waals surface area (Å²) in [5.41, 5.74) is 2.30. The molecule has 27 heavy (non-hydrogen) atoms. The SMILES string of the molecule is CCCCNC(=O)[C@H]1c2ccccc2C(=O)N(C)[C@H]1c1ccc(OC)cc1. The average molecular weight is 366 g/mol. The van der Waals surface area contributed by atoms with E-state index in [1.807, 2.05) is 42.5 Å². The Hall–Kier alpha value is -2.82. The van der Waals surface area contributed by atoms with Crippen LogP contribution in [0.15, 0.2) is 48.5 Å². The summed E-state index contributed by atoms with van der Waals surface area (Å²) in [5.74, 6) is 0.183. The second-order valence-electron chi connectivity index (χ2n) is 6.84. The van der Waals surface area contributed by atoms with E-state index in [2.05, 4.69) is 12.2 Å². The maximum absolute atomic E-state index is 13.1. The molecule has 2 aromatic carbocycles. The minimum Gasteiger partial charge on any atom is -0.497 e. The number of likely N-dealkylation sites (N-methyl/N-ethyl adjacent to an activating group) is 1. The van der Waals surface area contributed by atoms with Gasteiger partial charge in [0.1, 0.15) is 5.75 Å². The minimum absolute atomic E-state index is 0.0453. The highest BCUT2D eigenvalue weighted by Gasteiger charge is 2.42. The molecule has 0 radical (unpaired) electrons. The topological polar surface area (TPSA) is 58.6 Å². The number of carbonyl (C=O) groups is 2. The van der Waals surface area contributed by atoms with E-state index in [1.54, 1.807) is 25.1 Å².